The van der Waals surface area contributed by atoms with Crippen LogP contribution in [0.4, 0.5) is 18.9 Å². The van der Waals surface area contributed by atoms with Gasteiger partial charge in [-0.2, -0.15) is 13.2 Å². The zero-order chi connectivity index (χ0) is 16.5. The molecule has 0 saturated heterocycles. The van der Waals surface area contributed by atoms with Crippen molar-refractivity contribution < 1.29 is 23.1 Å². The van der Waals surface area contributed by atoms with E-state index in [1.54, 1.807) is 0 Å². The van der Waals surface area contributed by atoms with Crippen LogP contribution in [-0.4, -0.2) is 11.0 Å². The highest BCUT2D eigenvalue weighted by atomic mass is 79.9. The zero-order valence-electron chi connectivity index (χ0n) is 10.7. The van der Waals surface area contributed by atoms with Gasteiger partial charge >= 0.3 is 6.18 Å². The molecule has 2 N–H and O–H groups in total. The highest BCUT2D eigenvalue weighted by Gasteiger charge is 2.33. The summed E-state index contributed by atoms with van der Waals surface area (Å²) >= 11 is 8.60. The number of benzene rings is 2. The first-order valence-electron chi connectivity index (χ1n) is 5.85. The van der Waals surface area contributed by atoms with E-state index < -0.39 is 22.7 Å². The van der Waals surface area contributed by atoms with Gasteiger partial charge in [-0.1, -0.05) is 17.7 Å². The van der Waals surface area contributed by atoms with Gasteiger partial charge in [0.15, 0.2) is 0 Å². The molecule has 0 fully saturated rings. The van der Waals surface area contributed by atoms with E-state index in [2.05, 4.69) is 21.2 Å². The summed E-state index contributed by atoms with van der Waals surface area (Å²) in [5, 5.41) is 11.5. The maximum atomic E-state index is 12.8. The predicted octanol–water partition coefficient (Wildman–Crippen LogP) is 5.08. The van der Waals surface area contributed by atoms with E-state index in [0.29, 0.717) is 4.47 Å². The third kappa shape index (κ3) is 3.53. The molecule has 2 aromatic carbocycles. The van der Waals surface area contributed by atoms with Crippen LogP contribution in [0, 0.1) is 0 Å². The van der Waals surface area contributed by atoms with E-state index >= 15 is 0 Å². The van der Waals surface area contributed by atoms with Gasteiger partial charge in [0.2, 0.25) is 0 Å². The summed E-state index contributed by atoms with van der Waals surface area (Å²) in [6.07, 6.45) is -4.63. The van der Waals surface area contributed by atoms with Gasteiger partial charge in [-0.3, -0.25) is 4.79 Å². The molecule has 0 spiro atoms. The topological polar surface area (TPSA) is 49.3 Å². The number of amides is 1. The number of nitrogens with one attached hydrogen (secondary N) is 1. The summed E-state index contributed by atoms with van der Waals surface area (Å²) in [5.74, 6) is -1.04. The van der Waals surface area contributed by atoms with Crippen LogP contribution < -0.4 is 5.32 Å². The number of rotatable bonds is 2. The lowest BCUT2D eigenvalue weighted by Gasteiger charge is -2.12. The lowest BCUT2D eigenvalue weighted by atomic mass is 10.1. The maximum Gasteiger partial charge on any atom is 0.417 e. The van der Waals surface area contributed by atoms with Crippen molar-refractivity contribution in [2.45, 2.75) is 6.18 Å². The lowest BCUT2D eigenvalue weighted by Crippen LogP contribution is -2.14. The fraction of sp³-hybridized carbons (Fsp3) is 0.0714. The molecule has 0 aliphatic heterocycles. The van der Waals surface area contributed by atoms with E-state index in [-0.39, 0.29) is 17.0 Å². The lowest BCUT2D eigenvalue weighted by molar-refractivity contribution is -0.137. The summed E-state index contributed by atoms with van der Waals surface area (Å²) < 4.78 is 38.6. The molecule has 3 nitrogen and oxygen atoms in total. The summed E-state index contributed by atoms with van der Waals surface area (Å²) in [6, 6.07) is 7.35. The molecule has 0 aromatic heterocycles. The summed E-state index contributed by atoms with van der Waals surface area (Å²) in [4.78, 5) is 12.1. The molecule has 8 heteroatoms. The first-order valence-corrected chi connectivity index (χ1v) is 7.03. The fourth-order valence-corrected chi connectivity index (χ4v) is 2.51. The molecule has 2 rings (SSSR count). The van der Waals surface area contributed by atoms with Crippen molar-refractivity contribution in [2.75, 3.05) is 5.32 Å². The molecule has 0 saturated carbocycles. The van der Waals surface area contributed by atoms with E-state index in [0.717, 1.165) is 12.1 Å². The second-order valence-corrected chi connectivity index (χ2v) is 5.54. The Bertz CT molecular complexity index is 714. The minimum absolute atomic E-state index is 0.0778. The number of alkyl halides is 3. The molecule has 0 heterocycles. The van der Waals surface area contributed by atoms with Crippen LogP contribution in [-0.2, 0) is 6.18 Å². The van der Waals surface area contributed by atoms with Gasteiger partial charge < -0.3 is 10.4 Å². The van der Waals surface area contributed by atoms with E-state index in [1.165, 1.54) is 24.3 Å². The Morgan fingerprint density at radius 2 is 1.91 bits per heavy atom. The Kier molecular flexibility index (Phi) is 4.67. The van der Waals surface area contributed by atoms with Crippen molar-refractivity contribution in [2.24, 2.45) is 0 Å². The third-order valence-corrected chi connectivity index (χ3v) is 3.74. The largest absolute Gasteiger partial charge is 0.507 e. The van der Waals surface area contributed by atoms with E-state index in [4.69, 9.17) is 11.6 Å². The van der Waals surface area contributed by atoms with Crippen molar-refractivity contribution in [3.8, 4) is 5.75 Å². The highest BCUT2D eigenvalue weighted by molar-refractivity contribution is 9.10. The van der Waals surface area contributed by atoms with Crippen molar-refractivity contribution in [3.05, 3.63) is 57.0 Å². The molecule has 0 atom stereocenters. The molecule has 0 aliphatic rings. The smallest absolute Gasteiger partial charge is 0.417 e. The van der Waals surface area contributed by atoms with Gasteiger partial charge in [0.1, 0.15) is 5.75 Å². The van der Waals surface area contributed by atoms with Crippen molar-refractivity contribution in [1.82, 2.24) is 0 Å². The van der Waals surface area contributed by atoms with Gasteiger partial charge in [0.05, 0.1) is 16.1 Å². The Balaban J connectivity index is 2.34. The zero-order valence-corrected chi connectivity index (χ0v) is 13.1. The third-order valence-electron chi connectivity index (χ3n) is 2.75. The Morgan fingerprint density at radius 1 is 1.23 bits per heavy atom. The normalized spacial score (nSPS) is 11.3. The molecule has 0 unspecified atom stereocenters. The number of aromatic hydroxyl groups is 1. The van der Waals surface area contributed by atoms with E-state index in [1.807, 2.05) is 0 Å². The monoisotopic (exact) mass is 393 g/mol. The van der Waals surface area contributed by atoms with Gasteiger partial charge in [-0.25, -0.2) is 0 Å². The van der Waals surface area contributed by atoms with Crippen LogP contribution in [0.25, 0.3) is 0 Å². The number of carbonyl (C=O) groups excluding carboxylic acids is 1. The number of hydrogen-bond donors (Lipinski definition) is 2. The number of anilines is 1. The van der Waals surface area contributed by atoms with Gasteiger partial charge in [-0.15, -0.1) is 0 Å². The standard InChI is InChI=1S/C14H8BrClF3NO2/c15-9-2-1-3-11(21)12(9)13(22)20-7-4-5-10(16)8(6-7)14(17,18)19/h1-6,21H,(H,20,22). The second-order valence-electron chi connectivity index (χ2n) is 4.28. The number of phenolic OH excluding ortho intramolecular Hbond substituents is 1. The fourth-order valence-electron chi connectivity index (χ4n) is 1.75. The molecule has 0 aliphatic carbocycles. The minimum atomic E-state index is -4.63. The van der Waals surface area contributed by atoms with Gasteiger partial charge in [-0.05, 0) is 46.3 Å². The van der Waals surface area contributed by atoms with Gasteiger partial charge in [0.25, 0.3) is 5.91 Å². The molecule has 2 aromatic rings. The number of carbonyl (C=O) groups is 1. The average Bonchev–Trinajstić information content (AvgIpc) is 2.39. The van der Waals surface area contributed by atoms with Crippen molar-refractivity contribution >= 4 is 39.1 Å². The number of halogens is 5. The van der Waals surface area contributed by atoms with Crippen LogP contribution in [0.1, 0.15) is 15.9 Å². The second kappa shape index (κ2) is 6.18. The number of hydrogen-bond acceptors (Lipinski definition) is 2. The Hall–Kier alpha value is -1.73. The van der Waals surface area contributed by atoms with Crippen LogP contribution in [0.15, 0.2) is 40.9 Å². The number of phenols is 1. The average molecular weight is 395 g/mol. The van der Waals surface area contributed by atoms with Crippen molar-refractivity contribution in [3.63, 3.8) is 0 Å². The molecular formula is C14H8BrClF3NO2. The Morgan fingerprint density at radius 3 is 2.50 bits per heavy atom. The Labute approximate surface area is 136 Å². The van der Waals surface area contributed by atoms with Gasteiger partial charge in [0, 0.05) is 10.2 Å². The molecule has 116 valence electrons. The molecule has 0 radical (unpaired) electrons. The van der Waals surface area contributed by atoms with Crippen molar-refractivity contribution in [1.29, 1.82) is 0 Å². The quantitative estimate of drug-likeness (QED) is 0.746. The highest BCUT2D eigenvalue weighted by Crippen LogP contribution is 2.36. The first kappa shape index (κ1) is 16.6. The van der Waals surface area contributed by atoms with Crippen LogP contribution in [0.5, 0.6) is 5.75 Å². The summed E-state index contributed by atoms with van der Waals surface area (Å²) in [6.45, 7) is 0. The summed E-state index contributed by atoms with van der Waals surface area (Å²) in [5.41, 5.74) is -1.22. The van der Waals surface area contributed by atoms with Crippen LogP contribution >= 0.6 is 27.5 Å². The maximum absolute atomic E-state index is 12.8. The molecular weight excluding hydrogens is 387 g/mol. The summed E-state index contributed by atoms with van der Waals surface area (Å²) in [7, 11) is 0. The molecule has 22 heavy (non-hydrogen) atoms. The first-order chi connectivity index (χ1) is 10.2. The molecule has 1 amide bonds. The SMILES string of the molecule is O=C(Nc1ccc(Cl)c(C(F)(F)F)c1)c1c(O)cccc1Br. The van der Waals surface area contributed by atoms with Crippen LogP contribution in [0.3, 0.4) is 0 Å². The van der Waals surface area contributed by atoms with E-state index in [9.17, 15) is 23.1 Å². The minimum Gasteiger partial charge on any atom is -0.507 e. The molecule has 0 bridgehead atoms. The van der Waals surface area contributed by atoms with Crippen LogP contribution in [0.2, 0.25) is 5.02 Å². The predicted molar refractivity (Wildman–Crippen MR) is 80.2 cm³/mol.